The Hall–Kier alpha value is -2.49. The highest BCUT2D eigenvalue weighted by Crippen LogP contribution is 2.28. The summed E-state index contributed by atoms with van der Waals surface area (Å²) in [6.07, 6.45) is 3.54. The van der Waals surface area contributed by atoms with E-state index in [1.54, 1.807) is 35.0 Å². The number of anilines is 2. The van der Waals surface area contributed by atoms with E-state index in [9.17, 15) is 0 Å². The molecule has 0 fully saturated rings. The molecule has 0 aliphatic heterocycles. The number of nitrogens with zero attached hydrogens (tertiary/aromatic N) is 7. The molecular weight excluding hydrogens is 407 g/mol. The Labute approximate surface area is 168 Å². The third-order valence-corrected chi connectivity index (χ3v) is 4.81. The van der Waals surface area contributed by atoms with Gasteiger partial charge in [-0.2, -0.15) is 9.50 Å². The van der Waals surface area contributed by atoms with Gasteiger partial charge in [0.25, 0.3) is 5.78 Å². The molecule has 11 heteroatoms. The number of benzene rings is 1. The number of rotatable bonds is 4. The lowest BCUT2D eigenvalue weighted by Crippen LogP contribution is -2.05. The zero-order valence-electron chi connectivity index (χ0n) is 14.2. The van der Waals surface area contributed by atoms with Gasteiger partial charge in [0, 0.05) is 11.2 Å². The van der Waals surface area contributed by atoms with Crippen LogP contribution in [0.3, 0.4) is 0 Å². The molecule has 0 amide bonds. The van der Waals surface area contributed by atoms with Gasteiger partial charge in [-0.05, 0) is 37.4 Å². The van der Waals surface area contributed by atoms with Crippen molar-refractivity contribution in [1.82, 2.24) is 34.8 Å². The maximum atomic E-state index is 6.20. The number of halogens is 2. The van der Waals surface area contributed by atoms with Crippen LogP contribution < -0.4 is 5.32 Å². The zero-order chi connectivity index (χ0) is 19.0. The fraction of sp³-hybridized carbons (Fsp3) is 0.125. The maximum absolute atomic E-state index is 6.20. The van der Waals surface area contributed by atoms with Crippen LogP contribution in [0, 0.1) is 6.92 Å². The lowest BCUT2D eigenvalue weighted by Gasteiger charge is -2.09. The predicted molar refractivity (Wildman–Crippen MR) is 106 cm³/mol. The van der Waals surface area contributed by atoms with Crippen molar-refractivity contribution in [2.45, 2.75) is 12.1 Å². The first kappa shape index (κ1) is 17.9. The highest BCUT2D eigenvalue weighted by Gasteiger charge is 2.14. The Morgan fingerprint density at radius 1 is 1.11 bits per heavy atom. The van der Waals surface area contributed by atoms with Gasteiger partial charge in [-0.15, -0.1) is 15.3 Å². The van der Waals surface area contributed by atoms with Crippen LogP contribution in [0.25, 0.3) is 17.2 Å². The van der Waals surface area contributed by atoms with Crippen LogP contribution in [0.15, 0.2) is 35.6 Å². The van der Waals surface area contributed by atoms with E-state index < -0.39 is 0 Å². The average molecular weight is 419 g/mol. The largest absolute Gasteiger partial charge is 0.323 e. The third-order valence-electron chi connectivity index (χ3n) is 3.73. The Balaban J connectivity index is 1.72. The number of hydrogen-bond donors (Lipinski definition) is 1. The molecule has 1 aromatic carbocycles. The smallest absolute Gasteiger partial charge is 0.272 e. The first-order valence-electron chi connectivity index (χ1n) is 7.74. The summed E-state index contributed by atoms with van der Waals surface area (Å²) in [5.74, 6) is 0.822. The van der Waals surface area contributed by atoms with Crippen molar-refractivity contribution >= 4 is 52.4 Å². The Bertz CT molecular complexity index is 1150. The van der Waals surface area contributed by atoms with Crippen molar-refractivity contribution in [3.63, 3.8) is 0 Å². The van der Waals surface area contributed by atoms with E-state index in [0.717, 1.165) is 5.69 Å². The van der Waals surface area contributed by atoms with E-state index in [4.69, 9.17) is 23.2 Å². The zero-order valence-corrected chi connectivity index (χ0v) is 16.5. The molecule has 0 aliphatic rings. The van der Waals surface area contributed by atoms with Crippen LogP contribution in [0.5, 0.6) is 0 Å². The number of fused-ring (bicyclic) bond motifs is 1. The summed E-state index contributed by atoms with van der Waals surface area (Å²) in [5, 5.41) is 17.5. The minimum atomic E-state index is 0.376. The van der Waals surface area contributed by atoms with Crippen LogP contribution >= 0.6 is 35.0 Å². The van der Waals surface area contributed by atoms with Crippen LogP contribution in [0.2, 0.25) is 10.0 Å². The van der Waals surface area contributed by atoms with Gasteiger partial charge in [0.05, 0.1) is 22.1 Å². The van der Waals surface area contributed by atoms with Gasteiger partial charge in [-0.25, -0.2) is 9.97 Å². The predicted octanol–water partition coefficient (Wildman–Crippen LogP) is 4.06. The van der Waals surface area contributed by atoms with Gasteiger partial charge >= 0.3 is 0 Å². The fourth-order valence-electron chi connectivity index (χ4n) is 2.43. The van der Waals surface area contributed by atoms with Crippen molar-refractivity contribution in [3.05, 3.63) is 46.2 Å². The second kappa shape index (κ2) is 7.26. The molecule has 8 nitrogen and oxygen atoms in total. The lowest BCUT2D eigenvalue weighted by atomic mass is 10.2. The fourth-order valence-corrected chi connectivity index (χ4v) is 3.22. The molecule has 3 heterocycles. The summed E-state index contributed by atoms with van der Waals surface area (Å²) in [6.45, 7) is 1.89. The van der Waals surface area contributed by atoms with Crippen molar-refractivity contribution in [3.8, 4) is 11.4 Å². The molecule has 0 radical (unpaired) electrons. The molecule has 0 saturated heterocycles. The Morgan fingerprint density at radius 2 is 1.96 bits per heavy atom. The van der Waals surface area contributed by atoms with Gasteiger partial charge in [-0.1, -0.05) is 35.0 Å². The maximum Gasteiger partial charge on any atom is 0.272 e. The lowest BCUT2D eigenvalue weighted by molar-refractivity contribution is 0.824. The third kappa shape index (κ3) is 3.53. The first-order chi connectivity index (χ1) is 13.0. The molecule has 0 unspecified atom stereocenters. The van der Waals surface area contributed by atoms with Crippen molar-refractivity contribution in [2.75, 3.05) is 11.6 Å². The number of hydrogen-bond acceptors (Lipinski definition) is 8. The van der Waals surface area contributed by atoms with Crippen LogP contribution in [0.4, 0.5) is 11.6 Å². The quantitative estimate of drug-likeness (QED) is 0.495. The minimum Gasteiger partial charge on any atom is -0.323 e. The van der Waals surface area contributed by atoms with Gasteiger partial charge in [0.15, 0.2) is 0 Å². The van der Waals surface area contributed by atoms with Gasteiger partial charge in [0.1, 0.15) is 5.69 Å². The summed E-state index contributed by atoms with van der Waals surface area (Å²) in [4.78, 5) is 13.0. The van der Waals surface area contributed by atoms with Gasteiger partial charge < -0.3 is 5.32 Å². The number of aryl methyl sites for hydroxylation is 1. The molecule has 0 atom stereocenters. The number of thioether (sulfide) groups is 1. The molecule has 1 N–H and O–H groups in total. The summed E-state index contributed by atoms with van der Waals surface area (Å²) in [6, 6.07) is 6.89. The van der Waals surface area contributed by atoms with E-state index in [0.29, 0.717) is 44.0 Å². The Kier molecular flexibility index (Phi) is 4.81. The number of nitrogens with one attached hydrogen (secondary N) is 1. The highest BCUT2D eigenvalue weighted by molar-refractivity contribution is 7.98. The van der Waals surface area contributed by atoms with Gasteiger partial charge in [-0.3, -0.25) is 0 Å². The topological polar surface area (TPSA) is 93.8 Å². The first-order valence-corrected chi connectivity index (χ1v) is 9.73. The molecule has 136 valence electrons. The molecular formula is C16H12Cl2N8S. The van der Waals surface area contributed by atoms with E-state index in [-0.39, 0.29) is 0 Å². The standard InChI is InChI=1S/C16H12Cl2N8S/c1-8-13(23-24-15-22-16(27-2)25-26(8)15)12-5-6-19-14(21-12)20-11-4-3-9(17)7-10(11)18/h3-7H,1-2H3,(H,19,20,21). The van der Waals surface area contributed by atoms with E-state index in [1.165, 1.54) is 11.8 Å². The summed E-state index contributed by atoms with van der Waals surface area (Å²) >= 11 is 13.6. The van der Waals surface area contributed by atoms with Crippen molar-refractivity contribution in [1.29, 1.82) is 0 Å². The summed E-state index contributed by atoms with van der Waals surface area (Å²) in [7, 11) is 0. The monoisotopic (exact) mass is 418 g/mol. The second-order valence-corrected chi connectivity index (χ2v) is 7.08. The van der Waals surface area contributed by atoms with Crippen LogP contribution in [-0.2, 0) is 0 Å². The average Bonchev–Trinajstić information content (AvgIpc) is 3.09. The van der Waals surface area contributed by atoms with Gasteiger partial charge in [0.2, 0.25) is 11.1 Å². The van der Waals surface area contributed by atoms with Crippen molar-refractivity contribution in [2.24, 2.45) is 0 Å². The summed E-state index contributed by atoms with van der Waals surface area (Å²) < 4.78 is 1.65. The molecule has 0 aliphatic carbocycles. The second-order valence-electron chi connectivity index (χ2n) is 5.46. The Morgan fingerprint density at radius 3 is 2.74 bits per heavy atom. The SMILES string of the molecule is CSc1nc2nnc(-c3ccnc(Nc4ccc(Cl)cc4Cl)n3)c(C)n2n1. The molecule has 0 saturated carbocycles. The molecule has 0 bridgehead atoms. The van der Waals surface area contributed by atoms with Crippen molar-refractivity contribution < 1.29 is 0 Å². The molecule has 3 aromatic heterocycles. The van der Waals surface area contributed by atoms with E-state index in [2.05, 4.69) is 35.6 Å². The highest BCUT2D eigenvalue weighted by atomic mass is 35.5. The number of aromatic nitrogens is 7. The molecule has 27 heavy (non-hydrogen) atoms. The molecule has 0 spiro atoms. The van der Waals surface area contributed by atoms with Crippen LogP contribution in [-0.4, -0.2) is 41.0 Å². The van der Waals surface area contributed by atoms with Crippen LogP contribution in [0.1, 0.15) is 5.69 Å². The molecule has 4 rings (SSSR count). The summed E-state index contributed by atoms with van der Waals surface area (Å²) in [5.41, 5.74) is 2.62. The molecule has 4 aromatic rings. The van der Waals surface area contributed by atoms with E-state index >= 15 is 0 Å². The van der Waals surface area contributed by atoms with E-state index in [1.807, 2.05) is 13.2 Å². The minimum absolute atomic E-state index is 0.376. The normalized spacial score (nSPS) is 11.1.